The van der Waals surface area contributed by atoms with E-state index in [0.717, 1.165) is 49.9 Å². The molecule has 120 valence electrons. The number of aliphatic imine (C=N–C) groups is 1. The van der Waals surface area contributed by atoms with Crippen LogP contribution in [0.3, 0.4) is 0 Å². The van der Waals surface area contributed by atoms with Gasteiger partial charge in [-0.05, 0) is 49.8 Å². The lowest BCUT2D eigenvalue weighted by atomic mass is 9.96. The molecule has 2 saturated carbocycles. The van der Waals surface area contributed by atoms with Crippen molar-refractivity contribution in [3.63, 3.8) is 0 Å². The van der Waals surface area contributed by atoms with E-state index in [4.69, 9.17) is 4.99 Å². The maximum absolute atomic E-state index is 13.4. The van der Waals surface area contributed by atoms with E-state index in [2.05, 4.69) is 17.6 Å². The van der Waals surface area contributed by atoms with Crippen molar-refractivity contribution in [1.82, 2.24) is 10.6 Å². The lowest BCUT2D eigenvalue weighted by molar-refractivity contribution is 0.615. The largest absolute Gasteiger partial charge is 0.357 e. The fraction of sp³-hybridized carbons (Fsp3) is 0.611. The Hall–Kier alpha value is -1.58. The molecule has 2 aliphatic carbocycles. The number of guanidine groups is 1. The predicted octanol–water partition coefficient (Wildman–Crippen LogP) is 3.21. The molecule has 0 spiro atoms. The number of halogens is 1. The van der Waals surface area contributed by atoms with Crippen LogP contribution in [0.2, 0.25) is 0 Å². The molecule has 2 N–H and O–H groups in total. The highest BCUT2D eigenvalue weighted by atomic mass is 19.1. The number of rotatable bonds is 7. The van der Waals surface area contributed by atoms with Crippen molar-refractivity contribution in [3.05, 3.63) is 35.6 Å². The Morgan fingerprint density at radius 2 is 2.14 bits per heavy atom. The predicted molar refractivity (Wildman–Crippen MR) is 88.6 cm³/mol. The molecule has 0 atom stereocenters. The van der Waals surface area contributed by atoms with Gasteiger partial charge >= 0.3 is 0 Å². The Labute approximate surface area is 132 Å². The molecule has 2 aliphatic rings. The number of hydrogen-bond acceptors (Lipinski definition) is 1. The molecule has 0 aliphatic heterocycles. The van der Waals surface area contributed by atoms with Gasteiger partial charge in [-0.15, -0.1) is 0 Å². The van der Waals surface area contributed by atoms with Gasteiger partial charge in [0.05, 0.1) is 6.54 Å². The highest BCUT2D eigenvalue weighted by molar-refractivity contribution is 5.79. The third-order valence-corrected chi connectivity index (χ3v) is 4.72. The number of hydrogen-bond donors (Lipinski definition) is 2. The van der Waals surface area contributed by atoms with Crippen molar-refractivity contribution in [2.75, 3.05) is 19.6 Å². The van der Waals surface area contributed by atoms with Gasteiger partial charge in [0.25, 0.3) is 0 Å². The van der Waals surface area contributed by atoms with Crippen molar-refractivity contribution in [3.8, 4) is 0 Å². The van der Waals surface area contributed by atoms with E-state index >= 15 is 0 Å². The standard InChI is InChI=1S/C18H26FN3/c1-2-20-17(21-11-8-14-6-7-14)22-13-18(9-10-18)15-4-3-5-16(19)12-15/h3-5,12,14H,2,6-11,13H2,1H3,(H2,20,21,22). The molecule has 3 rings (SSSR count). The summed E-state index contributed by atoms with van der Waals surface area (Å²) in [5.41, 5.74) is 1.14. The zero-order valence-corrected chi connectivity index (χ0v) is 13.4. The van der Waals surface area contributed by atoms with Gasteiger partial charge in [-0.3, -0.25) is 4.99 Å². The minimum absolute atomic E-state index is 0.0565. The molecule has 0 radical (unpaired) electrons. The van der Waals surface area contributed by atoms with Crippen molar-refractivity contribution < 1.29 is 4.39 Å². The van der Waals surface area contributed by atoms with Gasteiger partial charge in [-0.2, -0.15) is 0 Å². The van der Waals surface area contributed by atoms with Crippen molar-refractivity contribution in [1.29, 1.82) is 0 Å². The topological polar surface area (TPSA) is 36.4 Å². The molecule has 0 unspecified atom stereocenters. The molecule has 4 heteroatoms. The average molecular weight is 303 g/mol. The SMILES string of the molecule is CCNC(=NCC1(c2cccc(F)c2)CC1)NCCC1CC1. The third-order valence-electron chi connectivity index (χ3n) is 4.72. The van der Waals surface area contributed by atoms with Crippen LogP contribution in [0.4, 0.5) is 4.39 Å². The molecule has 0 amide bonds. The minimum Gasteiger partial charge on any atom is -0.357 e. The van der Waals surface area contributed by atoms with E-state index in [1.54, 1.807) is 12.1 Å². The molecule has 0 saturated heterocycles. The first-order chi connectivity index (χ1) is 10.7. The van der Waals surface area contributed by atoms with Crippen LogP contribution in [0.25, 0.3) is 0 Å². The number of benzene rings is 1. The Morgan fingerprint density at radius 3 is 2.77 bits per heavy atom. The quantitative estimate of drug-likeness (QED) is 0.599. The van der Waals surface area contributed by atoms with Gasteiger partial charge < -0.3 is 10.6 Å². The van der Waals surface area contributed by atoms with Gasteiger partial charge in [-0.1, -0.05) is 25.0 Å². The Balaban J connectivity index is 1.58. The highest BCUT2D eigenvalue weighted by Crippen LogP contribution is 2.48. The summed E-state index contributed by atoms with van der Waals surface area (Å²) in [6, 6.07) is 6.99. The van der Waals surface area contributed by atoms with Crippen LogP contribution < -0.4 is 10.6 Å². The first-order valence-corrected chi connectivity index (χ1v) is 8.50. The maximum Gasteiger partial charge on any atom is 0.191 e. The zero-order chi connectivity index (χ0) is 15.4. The summed E-state index contributed by atoms with van der Waals surface area (Å²) in [6.07, 6.45) is 6.21. The molecule has 1 aromatic carbocycles. The third kappa shape index (κ3) is 3.99. The second kappa shape index (κ2) is 6.67. The van der Waals surface area contributed by atoms with E-state index in [-0.39, 0.29) is 11.2 Å². The number of nitrogens with zero attached hydrogens (tertiary/aromatic N) is 1. The zero-order valence-electron chi connectivity index (χ0n) is 13.4. The number of nitrogens with one attached hydrogen (secondary N) is 2. The van der Waals surface area contributed by atoms with Crippen molar-refractivity contribution in [2.45, 2.75) is 44.4 Å². The minimum atomic E-state index is -0.151. The lowest BCUT2D eigenvalue weighted by Gasteiger charge is -2.16. The smallest absolute Gasteiger partial charge is 0.191 e. The molecular formula is C18H26FN3. The van der Waals surface area contributed by atoms with Crippen LogP contribution >= 0.6 is 0 Å². The second-order valence-electron chi connectivity index (χ2n) is 6.64. The summed E-state index contributed by atoms with van der Waals surface area (Å²) in [6.45, 7) is 4.67. The van der Waals surface area contributed by atoms with Crippen LogP contribution in [0.5, 0.6) is 0 Å². The van der Waals surface area contributed by atoms with Crippen molar-refractivity contribution >= 4 is 5.96 Å². The van der Waals surface area contributed by atoms with E-state index < -0.39 is 0 Å². The lowest BCUT2D eigenvalue weighted by Crippen LogP contribution is -2.38. The Morgan fingerprint density at radius 1 is 1.32 bits per heavy atom. The molecule has 1 aromatic rings. The fourth-order valence-electron chi connectivity index (χ4n) is 2.88. The van der Waals surface area contributed by atoms with E-state index in [0.29, 0.717) is 0 Å². The maximum atomic E-state index is 13.4. The summed E-state index contributed by atoms with van der Waals surface area (Å²) in [5.74, 6) is 1.67. The van der Waals surface area contributed by atoms with Crippen LogP contribution in [0, 0.1) is 11.7 Å². The molecule has 22 heavy (non-hydrogen) atoms. The first kappa shape index (κ1) is 15.3. The molecular weight excluding hydrogens is 277 g/mol. The van der Waals surface area contributed by atoms with Crippen molar-refractivity contribution in [2.24, 2.45) is 10.9 Å². The van der Waals surface area contributed by atoms with Gasteiger partial charge in [0.15, 0.2) is 5.96 Å². The molecule has 3 nitrogen and oxygen atoms in total. The molecule has 0 bridgehead atoms. The second-order valence-corrected chi connectivity index (χ2v) is 6.64. The van der Waals surface area contributed by atoms with Crippen LogP contribution in [0.15, 0.2) is 29.3 Å². The van der Waals surface area contributed by atoms with Crippen LogP contribution in [0.1, 0.15) is 44.6 Å². The van der Waals surface area contributed by atoms with E-state index in [1.165, 1.54) is 25.3 Å². The summed E-state index contributed by atoms with van der Waals surface area (Å²) in [7, 11) is 0. The van der Waals surface area contributed by atoms with Crippen LogP contribution in [-0.4, -0.2) is 25.6 Å². The molecule has 0 aromatic heterocycles. The fourth-order valence-corrected chi connectivity index (χ4v) is 2.88. The summed E-state index contributed by atoms with van der Waals surface area (Å²) < 4.78 is 13.4. The van der Waals surface area contributed by atoms with E-state index in [9.17, 15) is 4.39 Å². The highest BCUT2D eigenvalue weighted by Gasteiger charge is 2.44. The van der Waals surface area contributed by atoms with Gasteiger partial charge in [0.2, 0.25) is 0 Å². The normalized spacial score (nSPS) is 19.8. The summed E-state index contributed by atoms with van der Waals surface area (Å²) in [5, 5.41) is 6.72. The van der Waals surface area contributed by atoms with Gasteiger partial charge in [0.1, 0.15) is 5.82 Å². The van der Waals surface area contributed by atoms with E-state index in [1.807, 2.05) is 6.07 Å². The average Bonchev–Trinajstić information content (AvgIpc) is 3.40. The van der Waals surface area contributed by atoms with Crippen LogP contribution in [-0.2, 0) is 5.41 Å². The van der Waals surface area contributed by atoms with Gasteiger partial charge in [-0.25, -0.2) is 4.39 Å². The molecule has 0 heterocycles. The Kier molecular flexibility index (Phi) is 4.65. The first-order valence-electron chi connectivity index (χ1n) is 8.50. The Bertz CT molecular complexity index is 533. The molecule has 2 fully saturated rings. The summed E-state index contributed by atoms with van der Waals surface area (Å²) >= 11 is 0. The monoisotopic (exact) mass is 303 g/mol. The summed E-state index contributed by atoms with van der Waals surface area (Å²) in [4.78, 5) is 4.74. The van der Waals surface area contributed by atoms with Gasteiger partial charge in [0, 0.05) is 18.5 Å².